The maximum atomic E-state index is 12.8. The van der Waals surface area contributed by atoms with Gasteiger partial charge >= 0.3 is 0 Å². The van der Waals surface area contributed by atoms with Crippen LogP contribution in [0.5, 0.6) is 0 Å². The molecule has 3 rings (SSSR count). The van der Waals surface area contributed by atoms with E-state index in [1.807, 2.05) is 6.07 Å². The Kier molecular flexibility index (Phi) is 4.53. The standard InChI is InChI=1S/C19H17N3O4/c1-11-7-3-5-9-13(11)20-17(23)15-16(21-26)19(25)22(18(15)24)14-10-6-4-8-12(14)2/h3-10,15,26H,1-2H3,(H,20,23)/b21-16+/t15-/m0/s1. The summed E-state index contributed by atoms with van der Waals surface area (Å²) in [5.74, 6) is -3.78. The summed E-state index contributed by atoms with van der Waals surface area (Å²) in [4.78, 5) is 38.9. The third kappa shape index (κ3) is 2.83. The van der Waals surface area contributed by atoms with Crippen molar-refractivity contribution in [1.29, 1.82) is 0 Å². The fourth-order valence-electron chi connectivity index (χ4n) is 2.88. The lowest BCUT2D eigenvalue weighted by Crippen LogP contribution is -2.35. The molecule has 3 amide bonds. The summed E-state index contributed by atoms with van der Waals surface area (Å²) >= 11 is 0. The van der Waals surface area contributed by atoms with Crippen molar-refractivity contribution >= 4 is 34.8 Å². The topological polar surface area (TPSA) is 99.1 Å². The van der Waals surface area contributed by atoms with Crippen molar-refractivity contribution in [3.63, 3.8) is 0 Å². The molecule has 0 spiro atoms. The molecule has 0 aromatic heterocycles. The van der Waals surface area contributed by atoms with Gasteiger partial charge in [-0.2, -0.15) is 0 Å². The predicted octanol–water partition coefficient (Wildman–Crippen LogP) is 2.26. The first kappa shape index (κ1) is 17.3. The van der Waals surface area contributed by atoms with Crippen LogP contribution in [-0.2, 0) is 14.4 Å². The molecular weight excluding hydrogens is 334 g/mol. The zero-order valence-corrected chi connectivity index (χ0v) is 14.3. The molecule has 0 unspecified atom stereocenters. The minimum atomic E-state index is -1.51. The van der Waals surface area contributed by atoms with Crippen LogP contribution in [-0.4, -0.2) is 28.6 Å². The van der Waals surface area contributed by atoms with Gasteiger partial charge in [-0.15, -0.1) is 0 Å². The highest BCUT2D eigenvalue weighted by molar-refractivity contribution is 6.61. The van der Waals surface area contributed by atoms with E-state index in [1.54, 1.807) is 56.3 Å². The SMILES string of the molecule is Cc1ccccc1NC(=O)[C@H]1C(=O)N(c2ccccc2C)C(=O)/C1=N/O. The number of nitrogens with zero attached hydrogens (tertiary/aromatic N) is 2. The van der Waals surface area contributed by atoms with Gasteiger partial charge in [-0.05, 0) is 37.1 Å². The molecule has 2 aromatic rings. The third-order valence-corrected chi connectivity index (χ3v) is 4.29. The normalized spacial score (nSPS) is 18.5. The average molecular weight is 351 g/mol. The molecule has 26 heavy (non-hydrogen) atoms. The Hall–Kier alpha value is -3.48. The Morgan fingerprint density at radius 2 is 1.65 bits per heavy atom. The number of imide groups is 1. The van der Waals surface area contributed by atoms with Gasteiger partial charge in [0.25, 0.3) is 11.8 Å². The van der Waals surface area contributed by atoms with Gasteiger partial charge in [0, 0.05) is 5.69 Å². The van der Waals surface area contributed by atoms with E-state index in [9.17, 15) is 19.6 Å². The number of hydrogen-bond acceptors (Lipinski definition) is 5. The van der Waals surface area contributed by atoms with E-state index in [0.29, 0.717) is 16.9 Å². The number of aryl methyl sites for hydroxylation is 2. The second kappa shape index (κ2) is 6.79. The number of amides is 3. The first-order valence-electron chi connectivity index (χ1n) is 7.98. The van der Waals surface area contributed by atoms with Gasteiger partial charge in [0.2, 0.25) is 5.91 Å². The van der Waals surface area contributed by atoms with Crippen molar-refractivity contribution in [3.05, 3.63) is 59.7 Å². The van der Waals surface area contributed by atoms with Crippen molar-refractivity contribution in [2.45, 2.75) is 13.8 Å². The number of nitrogens with one attached hydrogen (secondary N) is 1. The van der Waals surface area contributed by atoms with E-state index in [1.165, 1.54) is 0 Å². The van der Waals surface area contributed by atoms with E-state index >= 15 is 0 Å². The highest BCUT2D eigenvalue weighted by Gasteiger charge is 2.50. The minimum Gasteiger partial charge on any atom is -0.410 e. The molecule has 1 atom stereocenters. The molecule has 1 aliphatic heterocycles. The maximum absolute atomic E-state index is 12.8. The fourth-order valence-corrected chi connectivity index (χ4v) is 2.88. The summed E-state index contributed by atoms with van der Waals surface area (Å²) < 4.78 is 0. The van der Waals surface area contributed by atoms with Crippen LogP contribution in [0.4, 0.5) is 11.4 Å². The lowest BCUT2D eigenvalue weighted by molar-refractivity contribution is -0.127. The molecule has 1 heterocycles. The van der Waals surface area contributed by atoms with Gasteiger partial charge in [0.05, 0.1) is 5.69 Å². The average Bonchev–Trinajstić information content (AvgIpc) is 2.87. The van der Waals surface area contributed by atoms with Crippen LogP contribution in [0.1, 0.15) is 11.1 Å². The maximum Gasteiger partial charge on any atom is 0.284 e. The molecule has 1 fully saturated rings. The van der Waals surface area contributed by atoms with E-state index in [2.05, 4.69) is 10.5 Å². The second-order valence-electron chi connectivity index (χ2n) is 5.99. The first-order chi connectivity index (χ1) is 12.5. The summed E-state index contributed by atoms with van der Waals surface area (Å²) in [6.07, 6.45) is 0. The van der Waals surface area contributed by atoms with Crippen molar-refractivity contribution in [1.82, 2.24) is 0 Å². The van der Waals surface area contributed by atoms with E-state index in [4.69, 9.17) is 0 Å². The molecule has 0 aliphatic carbocycles. The van der Waals surface area contributed by atoms with Gasteiger partial charge in [-0.3, -0.25) is 14.4 Å². The molecule has 132 valence electrons. The predicted molar refractivity (Wildman–Crippen MR) is 96.2 cm³/mol. The Labute approximate surface area is 149 Å². The van der Waals surface area contributed by atoms with Gasteiger partial charge in [0.15, 0.2) is 11.6 Å². The molecule has 0 radical (unpaired) electrons. The fraction of sp³-hybridized carbons (Fsp3) is 0.158. The van der Waals surface area contributed by atoms with Gasteiger partial charge in [-0.25, -0.2) is 4.90 Å². The van der Waals surface area contributed by atoms with Crippen LogP contribution in [0.2, 0.25) is 0 Å². The molecule has 1 aliphatic rings. The van der Waals surface area contributed by atoms with Gasteiger partial charge < -0.3 is 10.5 Å². The Morgan fingerprint density at radius 3 is 2.27 bits per heavy atom. The van der Waals surface area contributed by atoms with E-state index in [-0.39, 0.29) is 0 Å². The Morgan fingerprint density at radius 1 is 1.04 bits per heavy atom. The summed E-state index contributed by atoms with van der Waals surface area (Å²) in [7, 11) is 0. The summed E-state index contributed by atoms with van der Waals surface area (Å²) in [6, 6.07) is 13.8. The number of oxime groups is 1. The van der Waals surface area contributed by atoms with Crippen LogP contribution in [0.15, 0.2) is 53.7 Å². The van der Waals surface area contributed by atoms with Crippen molar-refractivity contribution in [2.24, 2.45) is 11.1 Å². The second-order valence-corrected chi connectivity index (χ2v) is 5.99. The Bertz CT molecular complexity index is 936. The Balaban J connectivity index is 1.96. The number of benzene rings is 2. The molecule has 2 N–H and O–H groups in total. The highest BCUT2D eigenvalue weighted by Crippen LogP contribution is 2.28. The van der Waals surface area contributed by atoms with Crippen LogP contribution in [0.3, 0.4) is 0 Å². The molecule has 2 aromatic carbocycles. The lowest BCUT2D eigenvalue weighted by Gasteiger charge is -2.16. The summed E-state index contributed by atoms with van der Waals surface area (Å²) in [6.45, 7) is 3.55. The van der Waals surface area contributed by atoms with Crippen LogP contribution < -0.4 is 10.2 Å². The largest absolute Gasteiger partial charge is 0.410 e. The number of para-hydroxylation sites is 2. The van der Waals surface area contributed by atoms with Crippen molar-refractivity contribution < 1.29 is 19.6 Å². The van der Waals surface area contributed by atoms with Crippen LogP contribution in [0.25, 0.3) is 0 Å². The van der Waals surface area contributed by atoms with Crippen molar-refractivity contribution in [2.75, 3.05) is 10.2 Å². The number of carbonyl (C=O) groups excluding carboxylic acids is 3. The summed E-state index contributed by atoms with van der Waals surface area (Å²) in [5, 5.41) is 14.8. The molecule has 7 heteroatoms. The first-order valence-corrected chi connectivity index (χ1v) is 7.98. The van der Waals surface area contributed by atoms with Crippen molar-refractivity contribution in [3.8, 4) is 0 Å². The van der Waals surface area contributed by atoms with Gasteiger partial charge in [-0.1, -0.05) is 41.6 Å². The quantitative estimate of drug-likeness (QED) is 0.383. The van der Waals surface area contributed by atoms with E-state index in [0.717, 1.165) is 10.5 Å². The lowest BCUT2D eigenvalue weighted by atomic mass is 10.0. The number of rotatable bonds is 3. The smallest absolute Gasteiger partial charge is 0.284 e. The van der Waals surface area contributed by atoms with Gasteiger partial charge in [0.1, 0.15) is 0 Å². The molecule has 1 saturated heterocycles. The summed E-state index contributed by atoms with van der Waals surface area (Å²) in [5.41, 5.74) is 1.87. The number of anilines is 2. The van der Waals surface area contributed by atoms with Crippen LogP contribution >= 0.6 is 0 Å². The van der Waals surface area contributed by atoms with Crippen LogP contribution in [0, 0.1) is 19.8 Å². The molecular formula is C19H17N3O4. The van der Waals surface area contributed by atoms with E-state index < -0.39 is 29.4 Å². The zero-order valence-electron chi connectivity index (χ0n) is 14.3. The number of hydrogen-bond donors (Lipinski definition) is 2. The molecule has 0 saturated carbocycles. The highest BCUT2D eigenvalue weighted by atomic mass is 16.4. The zero-order chi connectivity index (χ0) is 18.8. The monoisotopic (exact) mass is 351 g/mol. The number of carbonyl (C=O) groups is 3. The molecule has 0 bridgehead atoms. The minimum absolute atomic E-state index is 0.356. The molecule has 7 nitrogen and oxygen atoms in total. The third-order valence-electron chi connectivity index (χ3n) is 4.29.